The molecule has 26 heavy (non-hydrogen) atoms. The average Bonchev–Trinajstić information content (AvgIpc) is 3.12. The smallest absolute Gasteiger partial charge is 0.262 e. The van der Waals surface area contributed by atoms with Crippen LogP contribution < -0.4 is 5.56 Å². The molecule has 136 valence electrons. The summed E-state index contributed by atoms with van der Waals surface area (Å²) in [4.78, 5) is 20.0. The van der Waals surface area contributed by atoms with Crippen molar-refractivity contribution in [3.63, 3.8) is 0 Å². The van der Waals surface area contributed by atoms with Gasteiger partial charge in [0.05, 0.1) is 18.3 Å². The van der Waals surface area contributed by atoms with E-state index in [1.165, 1.54) is 32.7 Å². The summed E-state index contributed by atoms with van der Waals surface area (Å²) < 4.78 is 1.79. The number of hydrogen-bond acceptors (Lipinski definition) is 3. The van der Waals surface area contributed by atoms with Crippen LogP contribution in [0.2, 0.25) is 0 Å². The lowest BCUT2D eigenvalue weighted by Crippen LogP contribution is -2.22. The standard InChI is InChI=1S/C22H26N2OS/c1-13-9-15(22(3,4)5)10-14(2)17(13)11-24-12-23-20-19(21(24)25)16-7-6-8-18(16)26-20/h9-10,12H,6-8,11H2,1-5H3. The van der Waals surface area contributed by atoms with Crippen molar-refractivity contribution in [2.45, 2.75) is 65.8 Å². The first kappa shape index (κ1) is 17.5. The van der Waals surface area contributed by atoms with Gasteiger partial charge in [0, 0.05) is 4.88 Å². The maximum absolute atomic E-state index is 13.1. The quantitative estimate of drug-likeness (QED) is 0.646. The van der Waals surface area contributed by atoms with E-state index in [4.69, 9.17) is 0 Å². The highest BCUT2D eigenvalue weighted by Gasteiger charge is 2.22. The summed E-state index contributed by atoms with van der Waals surface area (Å²) in [6.07, 6.45) is 5.02. The lowest BCUT2D eigenvalue weighted by Gasteiger charge is -2.22. The number of hydrogen-bond donors (Lipinski definition) is 0. The molecular formula is C22H26N2OS. The van der Waals surface area contributed by atoms with E-state index in [2.05, 4.69) is 51.7 Å². The first-order valence-corrected chi connectivity index (χ1v) is 10.2. The fourth-order valence-corrected chi connectivity index (χ4v) is 5.20. The maximum Gasteiger partial charge on any atom is 0.262 e. The fourth-order valence-electron chi connectivity index (χ4n) is 3.98. The molecule has 2 heterocycles. The van der Waals surface area contributed by atoms with Crippen molar-refractivity contribution in [2.24, 2.45) is 0 Å². The summed E-state index contributed by atoms with van der Waals surface area (Å²) in [5.41, 5.74) is 6.57. The van der Waals surface area contributed by atoms with Crippen LogP contribution >= 0.6 is 11.3 Å². The first-order valence-electron chi connectivity index (χ1n) is 9.36. The Morgan fingerprint density at radius 1 is 1.15 bits per heavy atom. The van der Waals surface area contributed by atoms with Gasteiger partial charge in [-0.05, 0) is 66.3 Å². The molecule has 1 aliphatic rings. The molecule has 3 nitrogen and oxygen atoms in total. The molecule has 0 saturated carbocycles. The van der Waals surface area contributed by atoms with Gasteiger partial charge in [0.2, 0.25) is 0 Å². The Labute approximate surface area is 158 Å². The molecule has 0 amide bonds. The van der Waals surface area contributed by atoms with E-state index >= 15 is 0 Å². The number of thiophene rings is 1. The van der Waals surface area contributed by atoms with Gasteiger partial charge in [-0.15, -0.1) is 11.3 Å². The van der Waals surface area contributed by atoms with Crippen LogP contribution in [0.5, 0.6) is 0 Å². The molecular weight excluding hydrogens is 340 g/mol. The predicted octanol–water partition coefficient (Wildman–Crippen LogP) is 4.91. The highest BCUT2D eigenvalue weighted by atomic mass is 32.1. The second kappa shape index (κ2) is 6.05. The third-order valence-corrected chi connectivity index (χ3v) is 6.78. The molecule has 2 aromatic heterocycles. The van der Waals surface area contributed by atoms with E-state index in [0.717, 1.165) is 29.5 Å². The van der Waals surface area contributed by atoms with Crippen LogP contribution in [0.3, 0.4) is 0 Å². The largest absolute Gasteiger partial charge is 0.294 e. The summed E-state index contributed by atoms with van der Waals surface area (Å²) in [5.74, 6) is 0. The SMILES string of the molecule is Cc1cc(C(C)(C)C)cc(C)c1Cn1cnc2sc3c(c2c1=O)CCC3. The number of aromatic nitrogens is 2. The zero-order valence-electron chi connectivity index (χ0n) is 16.3. The van der Waals surface area contributed by atoms with Crippen LogP contribution in [0.1, 0.15) is 59.9 Å². The molecule has 0 fully saturated rings. The second-order valence-corrected chi connectivity index (χ2v) is 9.64. The van der Waals surface area contributed by atoms with E-state index < -0.39 is 0 Å². The van der Waals surface area contributed by atoms with E-state index in [9.17, 15) is 4.79 Å². The maximum atomic E-state index is 13.1. The predicted molar refractivity (Wildman–Crippen MR) is 110 cm³/mol. The Kier molecular flexibility index (Phi) is 4.07. The van der Waals surface area contributed by atoms with Gasteiger partial charge in [0.1, 0.15) is 4.83 Å². The lowest BCUT2D eigenvalue weighted by atomic mass is 9.84. The summed E-state index contributed by atoms with van der Waals surface area (Å²) in [7, 11) is 0. The molecule has 1 aliphatic carbocycles. The van der Waals surface area contributed by atoms with Crippen molar-refractivity contribution in [3.05, 3.63) is 61.5 Å². The van der Waals surface area contributed by atoms with Crippen molar-refractivity contribution >= 4 is 21.6 Å². The second-order valence-electron chi connectivity index (χ2n) is 8.55. The van der Waals surface area contributed by atoms with Crippen molar-refractivity contribution in [1.82, 2.24) is 9.55 Å². The molecule has 0 radical (unpaired) electrons. The van der Waals surface area contributed by atoms with Gasteiger partial charge in [0.15, 0.2) is 0 Å². The number of rotatable bonds is 2. The Bertz CT molecular complexity index is 1040. The van der Waals surface area contributed by atoms with Crippen LogP contribution in [0.15, 0.2) is 23.3 Å². The molecule has 4 heteroatoms. The Morgan fingerprint density at radius 3 is 2.50 bits per heavy atom. The summed E-state index contributed by atoms with van der Waals surface area (Å²) in [6.45, 7) is 11.6. The molecule has 0 atom stereocenters. The lowest BCUT2D eigenvalue weighted by molar-refractivity contribution is 0.588. The zero-order chi connectivity index (χ0) is 18.6. The number of aryl methyl sites for hydroxylation is 4. The zero-order valence-corrected chi connectivity index (χ0v) is 17.1. The molecule has 0 spiro atoms. The monoisotopic (exact) mass is 366 g/mol. The van der Waals surface area contributed by atoms with Crippen molar-refractivity contribution < 1.29 is 0 Å². The number of benzene rings is 1. The fraction of sp³-hybridized carbons (Fsp3) is 0.455. The van der Waals surface area contributed by atoms with Crippen LogP contribution in [0.4, 0.5) is 0 Å². The Balaban J connectivity index is 1.79. The highest BCUT2D eigenvalue weighted by Crippen LogP contribution is 2.34. The Morgan fingerprint density at radius 2 is 1.85 bits per heavy atom. The van der Waals surface area contributed by atoms with Crippen LogP contribution in [0, 0.1) is 13.8 Å². The van der Waals surface area contributed by atoms with Crippen LogP contribution in [-0.4, -0.2) is 9.55 Å². The molecule has 0 aliphatic heterocycles. The van der Waals surface area contributed by atoms with Gasteiger partial charge in [-0.2, -0.15) is 0 Å². The summed E-state index contributed by atoms with van der Waals surface area (Å²) >= 11 is 1.70. The minimum absolute atomic E-state index is 0.119. The van der Waals surface area contributed by atoms with Gasteiger partial charge in [0.25, 0.3) is 5.56 Å². The van der Waals surface area contributed by atoms with E-state index in [1.54, 1.807) is 22.2 Å². The van der Waals surface area contributed by atoms with Gasteiger partial charge < -0.3 is 0 Å². The number of nitrogens with zero attached hydrogens (tertiary/aromatic N) is 2. The molecule has 0 unspecified atom stereocenters. The van der Waals surface area contributed by atoms with Crippen LogP contribution in [-0.2, 0) is 24.8 Å². The molecule has 0 N–H and O–H groups in total. The minimum Gasteiger partial charge on any atom is -0.294 e. The highest BCUT2D eigenvalue weighted by molar-refractivity contribution is 7.18. The van der Waals surface area contributed by atoms with Crippen molar-refractivity contribution in [2.75, 3.05) is 0 Å². The summed E-state index contributed by atoms with van der Waals surface area (Å²) in [5, 5.41) is 0.867. The first-order chi connectivity index (χ1) is 12.3. The minimum atomic E-state index is 0.119. The van der Waals surface area contributed by atoms with E-state index in [-0.39, 0.29) is 11.0 Å². The molecule has 1 aromatic carbocycles. The van der Waals surface area contributed by atoms with Crippen molar-refractivity contribution in [1.29, 1.82) is 0 Å². The third-order valence-electron chi connectivity index (χ3n) is 5.58. The van der Waals surface area contributed by atoms with Gasteiger partial charge in [-0.25, -0.2) is 4.98 Å². The van der Waals surface area contributed by atoms with Crippen LogP contribution in [0.25, 0.3) is 10.2 Å². The van der Waals surface area contributed by atoms with Crippen molar-refractivity contribution in [3.8, 4) is 0 Å². The van der Waals surface area contributed by atoms with Gasteiger partial charge in [-0.1, -0.05) is 32.9 Å². The molecule has 3 aromatic rings. The topological polar surface area (TPSA) is 34.9 Å². The molecule has 0 bridgehead atoms. The van der Waals surface area contributed by atoms with E-state index in [1.807, 2.05) is 0 Å². The molecule has 4 rings (SSSR count). The normalized spacial score (nSPS) is 14.2. The number of fused-ring (bicyclic) bond motifs is 3. The molecule has 0 saturated heterocycles. The summed E-state index contributed by atoms with van der Waals surface area (Å²) in [6, 6.07) is 4.53. The van der Waals surface area contributed by atoms with Gasteiger partial charge in [-0.3, -0.25) is 9.36 Å². The Hall–Kier alpha value is -1.94. The third kappa shape index (κ3) is 2.81. The van der Waals surface area contributed by atoms with E-state index in [0.29, 0.717) is 6.54 Å². The average molecular weight is 367 g/mol. The van der Waals surface area contributed by atoms with Gasteiger partial charge >= 0.3 is 0 Å².